The Labute approximate surface area is 63.7 Å². The molecule has 0 aromatic rings. The first-order chi connectivity index (χ1) is 4.72. The predicted molar refractivity (Wildman–Crippen MR) is 43.9 cm³/mol. The molecule has 0 aromatic heterocycles. The van der Waals surface area contributed by atoms with E-state index in [-0.39, 0.29) is 0 Å². The zero-order chi connectivity index (χ0) is 7.98. The third kappa shape index (κ3) is 3.85. The van der Waals surface area contributed by atoms with E-state index in [9.17, 15) is 0 Å². The molecule has 1 atom stereocenters. The summed E-state index contributed by atoms with van der Waals surface area (Å²) in [5, 5.41) is 0. The molecular weight excluding hydrogens is 126 g/mol. The van der Waals surface area contributed by atoms with Crippen LogP contribution in [0.3, 0.4) is 0 Å². The predicted octanol–water partition coefficient (Wildman–Crippen LogP) is 1.25. The van der Waals surface area contributed by atoms with Crippen molar-refractivity contribution < 1.29 is 4.74 Å². The average molecular weight is 145 g/mol. The normalized spacial score (nSPS) is 14.1. The van der Waals surface area contributed by atoms with Gasteiger partial charge in [0.05, 0.1) is 0 Å². The van der Waals surface area contributed by atoms with Crippen molar-refractivity contribution in [2.75, 3.05) is 20.3 Å². The number of hydrogen-bond donors (Lipinski definition) is 1. The summed E-state index contributed by atoms with van der Waals surface area (Å²) in [4.78, 5) is 0. The fourth-order valence-corrected chi connectivity index (χ4v) is 1.04. The van der Waals surface area contributed by atoms with Gasteiger partial charge in [0.25, 0.3) is 0 Å². The second-order valence-corrected chi connectivity index (χ2v) is 3.04. The third-order valence-electron chi connectivity index (χ3n) is 1.86. The highest BCUT2D eigenvalue weighted by atomic mass is 16.5. The number of hydrogen-bond acceptors (Lipinski definition) is 2. The van der Waals surface area contributed by atoms with Crippen LogP contribution in [0.2, 0.25) is 0 Å². The summed E-state index contributed by atoms with van der Waals surface area (Å²) in [6.45, 7) is 6.03. The fraction of sp³-hybridized carbons (Fsp3) is 1.00. The van der Waals surface area contributed by atoms with Crippen molar-refractivity contribution in [2.24, 2.45) is 17.6 Å². The minimum absolute atomic E-state index is 0.634. The molecule has 0 bridgehead atoms. The molecule has 0 saturated carbocycles. The van der Waals surface area contributed by atoms with Crippen LogP contribution in [0.4, 0.5) is 0 Å². The van der Waals surface area contributed by atoms with Crippen LogP contribution in [-0.2, 0) is 4.74 Å². The molecule has 0 fully saturated rings. The summed E-state index contributed by atoms with van der Waals surface area (Å²) >= 11 is 0. The zero-order valence-corrected chi connectivity index (χ0v) is 7.26. The minimum atomic E-state index is 0.634. The van der Waals surface area contributed by atoms with Gasteiger partial charge in [-0.25, -0.2) is 0 Å². The van der Waals surface area contributed by atoms with Gasteiger partial charge in [-0.3, -0.25) is 0 Å². The van der Waals surface area contributed by atoms with Crippen LogP contribution < -0.4 is 5.73 Å². The lowest BCUT2D eigenvalue weighted by Crippen LogP contribution is -2.18. The number of ether oxygens (including phenoxy) is 1. The van der Waals surface area contributed by atoms with Gasteiger partial charge >= 0.3 is 0 Å². The molecule has 0 spiro atoms. The SMILES string of the molecule is COCC(CCN)C(C)C. The van der Waals surface area contributed by atoms with Crippen molar-refractivity contribution in [3.05, 3.63) is 0 Å². The van der Waals surface area contributed by atoms with E-state index in [1.165, 1.54) is 0 Å². The van der Waals surface area contributed by atoms with Gasteiger partial charge in [0, 0.05) is 13.7 Å². The Kier molecular flexibility index (Phi) is 5.64. The first-order valence-corrected chi connectivity index (χ1v) is 3.91. The second-order valence-electron chi connectivity index (χ2n) is 3.04. The standard InChI is InChI=1S/C8H19NO/c1-7(2)8(4-5-9)6-10-3/h7-8H,4-6,9H2,1-3H3. The van der Waals surface area contributed by atoms with Crippen molar-refractivity contribution in [3.63, 3.8) is 0 Å². The minimum Gasteiger partial charge on any atom is -0.384 e. The molecular formula is C8H19NO. The maximum atomic E-state index is 5.44. The monoisotopic (exact) mass is 145 g/mol. The quantitative estimate of drug-likeness (QED) is 0.632. The van der Waals surface area contributed by atoms with Crippen molar-refractivity contribution in [3.8, 4) is 0 Å². The highest BCUT2D eigenvalue weighted by molar-refractivity contribution is 4.62. The highest BCUT2D eigenvalue weighted by Gasteiger charge is 2.10. The maximum absolute atomic E-state index is 5.44. The van der Waals surface area contributed by atoms with Crippen LogP contribution >= 0.6 is 0 Å². The smallest absolute Gasteiger partial charge is 0.0493 e. The largest absolute Gasteiger partial charge is 0.384 e. The Morgan fingerprint density at radius 3 is 2.30 bits per heavy atom. The summed E-state index contributed by atoms with van der Waals surface area (Å²) < 4.78 is 5.06. The lowest BCUT2D eigenvalue weighted by atomic mass is 9.93. The van der Waals surface area contributed by atoms with Gasteiger partial charge in [-0.2, -0.15) is 0 Å². The number of rotatable bonds is 5. The van der Waals surface area contributed by atoms with Gasteiger partial charge in [-0.15, -0.1) is 0 Å². The van der Waals surface area contributed by atoms with Gasteiger partial charge < -0.3 is 10.5 Å². The molecule has 62 valence electrons. The van der Waals surface area contributed by atoms with Crippen LogP contribution in [0.1, 0.15) is 20.3 Å². The van der Waals surface area contributed by atoms with E-state index in [4.69, 9.17) is 10.5 Å². The van der Waals surface area contributed by atoms with E-state index in [1.54, 1.807) is 7.11 Å². The van der Waals surface area contributed by atoms with E-state index >= 15 is 0 Å². The maximum Gasteiger partial charge on any atom is 0.0493 e. The Morgan fingerprint density at radius 1 is 1.40 bits per heavy atom. The first kappa shape index (κ1) is 9.92. The van der Waals surface area contributed by atoms with Gasteiger partial charge in [0.15, 0.2) is 0 Å². The molecule has 0 saturated heterocycles. The summed E-state index contributed by atoms with van der Waals surface area (Å²) in [5.74, 6) is 1.32. The van der Waals surface area contributed by atoms with Crippen LogP contribution in [0.25, 0.3) is 0 Å². The molecule has 1 unspecified atom stereocenters. The van der Waals surface area contributed by atoms with Crippen molar-refractivity contribution in [1.82, 2.24) is 0 Å². The summed E-state index contributed by atoms with van der Waals surface area (Å²) in [6, 6.07) is 0. The molecule has 0 radical (unpaired) electrons. The van der Waals surface area contributed by atoms with Crippen LogP contribution in [0.15, 0.2) is 0 Å². The molecule has 0 aliphatic carbocycles. The second kappa shape index (κ2) is 5.69. The summed E-state index contributed by atoms with van der Waals surface area (Å²) in [7, 11) is 1.74. The molecule has 2 N–H and O–H groups in total. The first-order valence-electron chi connectivity index (χ1n) is 3.91. The Bertz CT molecular complexity index is 67.7. The number of methoxy groups -OCH3 is 1. The van der Waals surface area contributed by atoms with Gasteiger partial charge in [-0.1, -0.05) is 13.8 Å². The van der Waals surface area contributed by atoms with Crippen molar-refractivity contribution in [1.29, 1.82) is 0 Å². The fourth-order valence-electron chi connectivity index (χ4n) is 1.04. The summed E-state index contributed by atoms with van der Waals surface area (Å²) in [5.41, 5.74) is 5.44. The van der Waals surface area contributed by atoms with E-state index in [1.807, 2.05) is 0 Å². The molecule has 2 nitrogen and oxygen atoms in total. The van der Waals surface area contributed by atoms with E-state index < -0.39 is 0 Å². The van der Waals surface area contributed by atoms with E-state index in [2.05, 4.69) is 13.8 Å². The lowest BCUT2D eigenvalue weighted by molar-refractivity contribution is 0.125. The Hall–Kier alpha value is -0.0800. The molecule has 0 heterocycles. The molecule has 0 aliphatic rings. The molecule has 0 aliphatic heterocycles. The molecule has 0 rings (SSSR count). The topological polar surface area (TPSA) is 35.2 Å². The molecule has 0 aromatic carbocycles. The van der Waals surface area contributed by atoms with Gasteiger partial charge in [-0.05, 0) is 24.8 Å². The lowest BCUT2D eigenvalue weighted by Gasteiger charge is -2.18. The average Bonchev–Trinajstić information content (AvgIpc) is 1.87. The van der Waals surface area contributed by atoms with Crippen LogP contribution in [0.5, 0.6) is 0 Å². The third-order valence-corrected chi connectivity index (χ3v) is 1.86. The van der Waals surface area contributed by atoms with E-state index in [0.717, 1.165) is 19.6 Å². The Morgan fingerprint density at radius 2 is 2.00 bits per heavy atom. The molecule has 10 heavy (non-hydrogen) atoms. The summed E-state index contributed by atoms with van der Waals surface area (Å²) in [6.07, 6.45) is 1.07. The highest BCUT2D eigenvalue weighted by Crippen LogP contribution is 2.13. The molecule has 0 amide bonds. The Balaban J connectivity index is 3.50. The zero-order valence-electron chi connectivity index (χ0n) is 7.26. The van der Waals surface area contributed by atoms with Crippen LogP contribution in [0, 0.1) is 11.8 Å². The van der Waals surface area contributed by atoms with Crippen molar-refractivity contribution >= 4 is 0 Å². The van der Waals surface area contributed by atoms with Gasteiger partial charge in [0.1, 0.15) is 0 Å². The van der Waals surface area contributed by atoms with Crippen molar-refractivity contribution in [2.45, 2.75) is 20.3 Å². The van der Waals surface area contributed by atoms with E-state index in [0.29, 0.717) is 11.8 Å². The van der Waals surface area contributed by atoms with Gasteiger partial charge in [0.2, 0.25) is 0 Å². The number of nitrogens with two attached hydrogens (primary N) is 1. The molecule has 2 heteroatoms. The van der Waals surface area contributed by atoms with Crippen LogP contribution in [-0.4, -0.2) is 20.3 Å².